The minimum absolute atomic E-state index is 0. The van der Waals surface area contributed by atoms with Crippen molar-refractivity contribution < 1.29 is 11.3 Å². The predicted octanol–water partition coefficient (Wildman–Crippen LogP) is 7.56. The lowest BCUT2D eigenvalue weighted by Crippen LogP contribution is -2.10. The number of Topliss-reactive ketones (excluding diaryl/α,β-unsaturated/α-hetero) is 1. The largest absolute Gasteiger partial charge is 0.508 e. The molecule has 0 saturated heterocycles. The molecule has 3 nitrogen and oxygen atoms in total. The monoisotopic (exact) mass is 413 g/mol. The molecule has 0 bridgehead atoms. The van der Waals surface area contributed by atoms with E-state index in [1.807, 2.05) is 46.8 Å². The van der Waals surface area contributed by atoms with Gasteiger partial charge in [-0.15, -0.1) is 0 Å². The number of aryl methyl sites for hydroxylation is 2. The molecule has 2 aromatic rings. The summed E-state index contributed by atoms with van der Waals surface area (Å²) in [6.07, 6.45) is 2.04. The number of nitrogens with zero attached hydrogens (tertiary/aromatic N) is 1. The van der Waals surface area contributed by atoms with Crippen LogP contribution < -0.4 is 0 Å². The van der Waals surface area contributed by atoms with Gasteiger partial charge in [0.1, 0.15) is 11.5 Å². The van der Waals surface area contributed by atoms with Crippen molar-refractivity contribution in [2.45, 2.75) is 60.8 Å². The number of phenolic OH excluding ortho intramolecular Hbond substituents is 1. The first-order valence-corrected chi connectivity index (χ1v) is 10.6. The van der Waals surface area contributed by atoms with Crippen molar-refractivity contribution >= 4 is 18.1 Å². The van der Waals surface area contributed by atoms with E-state index in [1.54, 1.807) is 19.2 Å². The molecule has 1 atom stereocenters. The number of hydrogen-bond acceptors (Lipinski definition) is 3. The lowest BCUT2D eigenvalue weighted by Gasteiger charge is -2.07. The smallest absolute Gasteiger partial charge is 0.136 e. The average Bonchev–Trinajstić information content (AvgIpc) is 2.75. The summed E-state index contributed by atoms with van der Waals surface area (Å²) in [5.74, 6) is 0.700. The van der Waals surface area contributed by atoms with Crippen LogP contribution >= 0.6 is 0 Å². The summed E-state index contributed by atoms with van der Waals surface area (Å²) < 4.78 is 0. The van der Waals surface area contributed by atoms with Gasteiger partial charge in [0.2, 0.25) is 0 Å². The number of phenols is 1. The molecule has 0 fully saturated rings. The Labute approximate surface area is 186 Å². The molecule has 168 valence electrons. The van der Waals surface area contributed by atoms with E-state index < -0.39 is 0 Å². The molecule has 0 spiro atoms. The van der Waals surface area contributed by atoms with Gasteiger partial charge in [0.15, 0.2) is 0 Å². The fourth-order valence-corrected chi connectivity index (χ4v) is 2.29. The molecule has 0 radical (unpaired) electrons. The Kier molecular flexibility index (Phi) is 18.1. The lowest BCUT2D eigenvalue weighted by atomic mass is 9.97. The van der Waals surface area contributed by atoms with Gasteiger partial charge in [0.05, 0.1) is 0 Å². The first-order chi connectivity index (χ1) is 14.3. The van der Waals surface area contributed by atoms with Crippen molar-refractivity contribution in [2.75, 3.05) is 7.05 Å². The number of aromatic hydroxyl groups is 1. The highest BCUT2D eigenvalue weighted by Crippen LogP contribution is 2.18. The number of hydrogen-bond donors (Lipinski definition) is 1. The maximum Gasteiger partial charge on any atom is 0.136 e. The summed E-state index contributed by atoms with van der Waals surface area (Å²) in [5, 5.41) is 9.51. The molecule has 0 saturated carbocycles. The maximum absolute atomic E-state index is 11.6. The number of para-hydroxylation sites is 1. The minimum Gasteiger partial charge on any atom is -0.508 e. The molecule has 0 aliphatic heterocycles. The van der Waals surface area contributed by atoms with Crippen LogP contribution in [0.1, 0.15) is 65.6 Å². The molecule has 0 unspecified atom stereocenters. The molecule has 1 N–H and O–H groups in total. The lowest BCUT2D eigenvalue weighted by molar-refractivity contribution is -0.122. The molecule has 0 amide bonds. The number of carbonyl (C=O) groups is 1. The van der Waals surface area contributed by atoms with E-state index in [2.05, 4.69) is 49.5 Å². The quantitative estimate of drug-likeness (QED) is 0.497. The normalized spacial score (nSPS) is 9.97. The summed E-state index contributed by atoms with van der Waals surface area (Å²) in [4.78, 5) is 14.8. The second-order valence-electron chi connectivity index (χ2n) is 6.87. The predicted molar refractivity (Wildman–Crippen MR) is 136 cm³/mol. The number of allylic oxidation sites excluding steroid dienone is 1. The zero-order valence-electron chi connectivity index (χ0n) is 20.0. The van der Waals surface area contributed by atoms with Crippen LogP contribution in [0.5, 0.6) is 5.75 Å². The van der Waals surface area contributed by atoms with Gasteiger partial charge in [-0.2, -0.15) is 0 Å². The molecular formula is C27H43NO2. The highest BCUT2D eigenvalue weighted by atomic mass is 16.3. The molecule has 0 heterocycles. The first-order valence-electron chi connectivity index (χ1n) is 10.6. The minimum atomic E-state index is 0. The van der Waals surface area contributed by atoms with E-state index in [9.17, 15) is 9.90 Å². The summed E-state index contributed by atoms with van der Waals surface area (Å²) in [6, 6.07) is 15.6. The maximum atomic E-state index is 11.6. The second kappa shape index (κ2) is 18.4. The Hall–Kier alpha value is -2.68. The van der Waals surface area contributed by atoms with E-state index in [-0.39, 0.29) is 18.9 Å². The average molecular weight is 414 g/mol. The van der Waals surface area contributed by atoms with Crippen molar-refractivity contribution in [1.82, 2.24) is 0 Å². The number of aliphatic imine (C=N–C) groups is 1. The summed E-state index contributed by atoms with van der Waals surface area (Å²) >= 11 is 0. The molecule has 2 aromatic carbocycles. The Morgan fingerprint density at radius 2 is 1.63 bits per heavy atom. The van der Waals surface area contributed by atoms with E-state index in [0.29, 0.717) is 12.8 Å². The first kappa shape index (κ1) is 29.5. The molecule has 0 aromatic heterocycles. The third-order valence-corrected chi connectivity index (χ3v) is 4.34. The topological polar surface area (TPSA) is 49.7 Å². The van der Waals surface area contributed by atoms with E-state index >= 15 is 0 Å². The van der Waals surface area contributed by atoms with Gasteiger partial charge < -0.3 is 10.1 Å². The SMILES string of the molecule is C=C(C)c1ccc(C)cc1.C=NC.CC.CC[C@H](C)C(=O)CCc1ccccc1O.[HH]. The van der Waals surface area contributed by atoms with Crippen molar-refractivity contribution in [2.24, 2.45) is 10.9 Å². The fraction of sp³-hybridized carbons (Fsp3) is 0.407. The third-order valence-electron chi connectivity index (χ3n) is 4.34. The summed E-state index contributed by atoms with van der Waals surface area (Å²) in [5.41, 5.74) is 4.50. The van der Waals surface area contributed by atoms with Crippen LogP contribution in [0.25, 0.3) is 5.57 Å². The molecule has 30 heavy (non-hydrogen) atoms. The zero-order chi connectivity index (χ0) is 23.5. The van der Waals surface area contributed by atoms with E-state index in [1.165, 1.54) is 11.1 Å². The van der Waals surface area contributed by atoms with Crippen LogP contribution in [-0.2, 0) is 11.2 Å². The molecule has 0 aliphatic carbocycles. The standard InChI is InChI=1S/C13H18O2.C10H12.C2H5N.C2H6.H2/c1-3-10(2)12(14)9-8-11-6-4-5-7-13(11)15;1-8(2)10-6-4-9(3)5-7-10;1-3-2;1-2;/h4-7,10,15H,3,8-9H2,1-2H3;4-7H,1H2,2-3H3;1H2,2H3;1-2H3;1H/t10-;;;;/m0..../s1. The van der Waals surface area contributed by atoms with Gasteiger partial charge in [0.25, 0.3) is 0 Å². The zero-order valence-corrected chi connectivity index (χ0v) is 20.0. The molecule has 0 aliphatic rings. The van der Waals surface area contributed by atoms with Gasteiger partial charge in [-0.05, 0) is 50.6 Å². The van der Waals surface area contributed by atoms with Crippen LogP contribution in [0.3, 0.4) is 0 Å². The molecular weight excluding hydrogens is 370 g/mol. The van der Waals surface area contributed by atoms with Gasteiger partial charge in [0, 0.05) is 20.8 Å². The highest BCUT2D eigenvalue weighted by molar-refractivity contribution is 5.80. The van der Waals surface area contributed by atoms with Crippen molar-refractivity contribution in [3.8, 4) is 5.75 Å². The van der Waals surface area contributed by atoms with Gasteiger partial charge in [-0.25, -0.2) is 0 Å². The van der Waals surface area contributed by atoms with Gasteiger partial charge >= 0.3 is 0 Å². The van der Waals surface area contributed by atoms with E-state index in [0.717, 1.165) is 17.6 Å². The third kappa shape index (κ3) is 13.5. The van der Waals surface area contributed by atoms with Crippen molar-refractivity contribution in [3.05, 3.63) is 71.8 Å². The number of ketones is 1. The summed E-state index contributed by atoms with van der Waals surface area (Å²) in [7, 11) is 1.64. The van der Waals surface area contributed by atoms with Gasteiger partial charge in [-0.3, -0.25) is 4.79 Å². The number of benzene rings is 2. The van der Waals surface area contributed by atoms with Crippen LogP contribution in [0.15, 0.2) is 60.1 Å². The second-order valence-corrected chi connectivity index (χ2v) is 6.87. The Balaban J connectivity index is -0.000000425. The van der Waals surface area contributed by atoms with Crippen LogP contribution in [0.4, 0.5) is 0 Å². The van der Waals surface area contributed by atoms with Crippen molar-refractivity contribution in [3.63, 3.8) is 0 Å². The molecule has 3 heteroatoms. The molecule has 2 rings (SSSR count). The Morgan fingerprint density at radius 3 is 2.07 bits per heavy atom. The van der Waals surface area contributed by atoms with Crippen LogP contribution in [-0.4, -0.2) is 24.7 Å². The Morgan fingerprint density at radius 1 is 1.13 bits per heavy atom. The fourth-order valence-electron chi connectivity index (χ4n) is 2.29. The summed E-state index contributed by atoms with van der Waals surface area (Å²) in [6.45, 7) is 19.0. The highest BCUT2D eigenvalue weighted by Gasteiger charge is 2.11. The number of rotatable bonds is 6. The van der Waals surface area contributed by atoms with Crippen molar-refractivity contribution in [1.29, 1.82) is 0 Å². The number of carbonyl (C=O) groups excluding carboxylic acids is 1. The Bertz CT molecular complexity index is 739. The van der Waals surface area contributed by atoms with Crippen LogP contribution in [0.2, 0.25) is 0 Å². The van der Waals surface area contributed by atoms with E-state index in [4.69, 9.17) is 0 Å². The van der Waals surface area contributed by atoms with Gasteiger partial charge in [-0.1, -0.05) is 87.9 Å². The van der Waals surface area contributed by atoms with Crippen LogP contribution in [0, 0.1) is 12.8 Å².